The van der Waals surface area contributed by atoms with E-state index in [1.165, 1.54) is 5.69 Å². The highest BCUT2D eigenvalue weighted by Crippen LogP contribution is 2.23. The Labute approximate surface area is 132 Å². The summed E-state index contributed by atoms with van der Waals surface area (Å²) in [5.41, 5.74) is 3.36. The minimum absolute atomic E-state index is 0.838. The molecule has 5 nitrogen and oxygen atoms in total. The summed E-state index contributed by atoms with van der Waals surface area (Å²) in [5.74, 6) is 0.838. The van der Waals surface area contributed by atoms with Crippen molar-refractivity contribution in [1.82, 2.24) is 14.9 Å². The summed E-state index contributed by atoms with van der Waals surface area (Å²) in [6, 6.07) is 10.6. The largest absolute Gasteiger partial charge is 0.373 e. The molecule has 1 aliphatic heterocycles. The van der Waals surface area contributed by atoms with Gasteiger partial charge in [-0.15, -0.1) is 0 Å². The number of piperazine rings is 1. The quantitative estimate of drug-likeness (QED) is 0.938. The molecule has 1 aromatic carbocycles. The predicted octanol–water partition coefficient (Wildman–Crippen LogP) is 2.33. The molecule has 3 rings (SSSR count). The predicted molar refractivity (Wildman–Crippen MR) is 91.3 cm³/mol. The third-order valence-electron chi connectivity index (χ3n) is 4.27. The van der Waals surface area contributed by atoms with Crippen LogP contribution < -0.4 is 10.2 Å². The Bertz CT molecular complexity index is 603. The Morgan fingerprint density at radius 2 is 1.77 bits per heavy atom. The van der Waals surface area contributed by atoms with E-state index in [1.54, 1.807) is 6.33 Å². The molecule has 1 aromatic heterocycles. The smallest absolute Gasteiger partial charge is 0.129 e. The number of anilines is 2. The average molecular weight is 297 g/mol. The third kappa shape index (κ3) is 3.20. The Morgan fingerprint density at radius 1 is 1.05 bits per heavy atom. The summed E-state index contributed by atoms with van der Waals surface area (Å²) in [4.78, 5) is 13.4. The van der Waals surface area contributed by atoms with E-state index in [0.717, 1.165) is 49.8 Å². The first-order valence-electron chi connectivity index (χ1n) is 7.87. The van der Waals surface area contributed by atoms with Crippen LogP contribution in [0.3, 0.4) is 0 Å². The average Bonchev–Trinajstić information content (AvgIpc) is 2.62. The maximum atomic E-state index is 4.35. The molecule has 0 saturated carbocycles. The minimum atomic E-state index is 0.838. The number of likely N-dealkylation sites (N-methyl/N-ethyl adjacent to an activating group) is 1. The highest BCUT2D eigenvalue weighted by atomic mass is 15.3. The number of aromatic nitrogens is 2. The topological polar surface area (TPSA) is 44.3 Å². The Hall–Kier alpha value is -2.14. The van der Waals surface area contributed by atoms with Gasteiger partial charge in [-0.25, -0.2) is 9.97 Å². The van der Waals surface area contributed by atoms with E-state index in [2.05, 4.69) is 56.3 Å². The lowest BCUT2D eigenvalue weighted by molar-refractivity contribution is 0.271. The molecule has 1 fully saturated rings. The molecule has 0 radical (unpaired) electrons. The Balaban J connectivity index is 1.72. The molecule has 1 aliphatic rings. The Kier molecular flexibility index (Phi) is 4.53. The summed E-state index contributed by atoms with van der Waals surface area (Å²) < 4.78 is 0. The van der Waals surface area contributed by atoms with Crippen LogP contribution in [0.1, 0.15) is 6.92 Å². The van der Waals surface area contributed by atoms with E-state index >= 15 is 0 Å². The molecular formula is C17H23N5. The standard InChI is InChI=1S/C17H23N5/c1-3-21-8-10-22(11-9-21)15-6-4-14(5-7-15)16-12-17(18-2)20-13-19-16/h4-7,12-13H,3,8-11H2,1-2H3,(H,18,19,20). The fourth-order valence-corrected chi connectivity index (χ4v) is 2.82. The van der Waals surface area contributed by atoms with Gasteiger partial charge in [0.1, 0.15) is 12.1 Å². The van der Waals surface area contributed by atoms with Crippen molar-refractivity contribution in [2.75, 3.05) is 50.0 Å². The minimum Gasteiger partial charge on any atom is -0.373 e. The van der Waals surface area contributed by atoms with E-state index in [-0.39, 0.29) is 0 Å². The van der Waals surface area contributed by atoms with Gasteiger partial charge in [0.25, 0.3) is 0 Å². The lowest BCUT2D eigenvalue weighted by atomic mass is 10.1. The highest BCUT2D eigenvalue weighted by Gasteiger charge is 2.15. The zero-order valence-corrected chi connectivity index (χ0v) is 13.3. The van der Waals surface area contributed by atoms with Gasteiger partial charge in [0.05, 0.1) is 5.69 Å². The summed E-state index contributed by atoms with van der Waals surface area (Å²) in [7, 11) is 1.87. The van der Waals surface area contributed by atoms with E-state index in [9.17, 15) is 0 Å². The number of hydrogen-bond acceptors (Lipinski definition) is 5. The first kappa shape index (κ1) is 14.8. The lowest BCUT2D eigenvalue weighted by Crippen LogP contribution is -2.46. The van der Waals surface area contributed by atoms with Crippen LogP contribution in [-0.2, 0) is 0 Å². The van der Waals surface area contributed by atoms with Crippen LogP contribution in [0.2, 0.25) is 0 Å². The van der Waals surface area contributed by atoms with Gasteiger partial charge in [-0.2, -0.15) is 0 Å². The molecule has 2 aromatic rings. The molecular weight excluding hydrogens is 274 g/mol. The van der Waals surface area contributed by atoms with Crippen molar-refractivity contribution in [3.05, 3.63) is 36.7 Å². The van der Waals surface area contributed by atoms with Crippen LogP contribution in [-0.4, -0.2) is 54.6 Å². The maximum absolute atomic E-state index is 4.35. The molecule has 1 saturated heterocycles. The number of nitrogens with one attached hydrogen (secondary N) is 1. The van der Waals surface area contributed by atoms with Gasteiger partial charge < -0.3 is 15.1 Å². The number of rotatable bonds is 4. The van der Waals surface area contributed by atoms with Gasteiger partial charge >= 0.3 is 0 Å². The van der Waals surface area contributed by atoms with Crippen LogP contribution in [0.15, 0.2) is 36.7 Å². The molecule has 116 valence electrons. The van der Waals surface area contributed by atoms with Crippen molar-refractivity contribution in [3.8, 4) is 11.3 Å². The fourth-order valence-electron chi connectivity index (χ4n) is 2.82. The maximum Gasteiger partial charge on any atom is 0.129 e. The van der Waals surface area contributed by atoms with Crippen molar-refractivity contribution in [2.24, 2.45) is 0 Å². The monoisotopic (exact) mass is 297 g/mol. The Morgan fingerprint density at radius 3 is 2.41 bits per heavy atom. The number of nitrogens with zero attached hydrogens (tertiary/aromatic N) is 4. The van der Waals surface area contributed by atoms with E-state index in [4.69, 9.17) is 0 Å². The van der Waals surface area contributed by atoms with Gasteiger partial charge in [-0.05, 0) is 18.7 Å². The summed E-state index contributed by atoms with van der Waals surface area (Å²) in [6.45, 7) is 7.88. The van der Waals surface area contributed by atoms with Crippen LogP contribution >= 0.6 is 0 Å². The van der Waals surface area contributed by atoms with E-state index in [1.807, 2.05) is 13.1 Å². The van der Waals surface area contributed by atoms with Crippen LogP contribution in [0.5, 0.6) is 0 Å². The van der Waals surface area contributed by atoms with Gasteiger partial charge in [-0.1, -0.05) is 19.1 Å². The normalized spacial score (nSPS) is 15.8. The summed E-state index contributed by atoms with van der Waals surface area (Å²) in [5, 5.41) is 3.05. The van der Waals surface area contributed by atoms with Gasteiger partial charge in [0.15, 0.2) is 0 Å². The summed E-state index contributed by atoms with van der Waals surface area (Å²) >= 11 is 0. The van der Waals surface area contributed by atoms with Crippen molar-refractivity contribution in [2.45, 2.75) is 6.92 Å². The molecule has 1 N–H and O–H groups in total. The van der Waals surface area contributed by atoms with Crippen molar-refractivity contribution < 1.29 is 0 Å². The van der Waals surface area contributed by atoms with Gasteiger partial charge in [0.2, 0.25) is 0 Å². The molecule has 0 amide bonds. The molecule has 0 unspecified atom stereocenters. The van der Waals surface area contributed by atoms with Crippen molar-refractivity contribution in [3.63, 3.8) is 0 Å². The molecule has 0 bridgehead atoms. The number of benzene rings is 1. The molecule has 0 aliphatic carbocycles. The second-order valence-electron chi connectivity index (χ2n) is 5.51. The molecule has 2 heterocycles. The van der Waals surface area contributed by atoms with Crippen LogP contribution in [0.4, 0.5) is 11.5 Å². The second kappa shape index (κ2) is 6.75. The zero-order valence-electron chi connectivity index (χ0n) is 13.3. The molecule has 0 spiro atoms. The molecule has 22 heavy (non-hydrogen) atoms. The van der Waals surface area contributed by atoms with Gasteiger partial charge in [-0.3, -0.25) is 0 Å². The van der Waals surface area contributed by atoms with Crippen molar-refractivity contribution >= 4 is 11.5 Å². The lowest BCUT2D eigenvalue weighted by Gasteiger charge is -2.35. The first-order chi connectivity index (χ1) is 10.8. The molecule has 0 atom stereocenters. The van der Waals surface area contributed by atoms with E-state index in [0.29, 0.717) is 0 Å². The molecule has 5 heteroatoms. The fraction of sp³-hybridized carbons (Fsp3) is 0.412. The third-order valence-corrected chi connectivity index (χ3v) is 4.27. The zero-order chi connectivity index (χ0) is 15.4. The van der Waals surface area contributed by atoms with Crippen LogP contribution in [0.25, 0.3) is 11.3 Å². The van der Waals surface area contributed by atoms with Crippen molar-refractivity contribution in [1.29, 1.82) is 0 Å². The second-order valence-corrected chi connectivity index (χ2v) is 5.51. The first-order valence-corrected chi connectivity index (χ1v) is 7.87. The highest BCUT2D eigenvalue weighted by molar-refractivity contribution is 5.65. The number of hydrogen-bond donors (Lipinski definition) is 1. The van der Waals surface area contributed by atoms with Gasteiger partial charge in [0, 0.05) is 50.5 Å². The summed E-state index contributed by atoms with van der Waals surface area (Å²) in [6.07, 6.45) is 1.60. The SMILES string of the molecule is CCN1CCN(c2ccc(-c3cc(NC)ncn3)cc2)CC1. The van der Waals surface area contributed by atoms with Crippen LogP contribution in [0, 0.1) is 0 Å². The van der Waals surface area contributed by atoms with E-state index < -0.39 is 0 Å².